The number of H-pyrrole nitrogens is 1. The zero-order chi connectivity index (χ0) is 25.4. The first-order chi connectivity index (χ1) is 18.0. The summed E-state index contributed by atoms with van der Waals surface area (Å²) in [4.78, 5) is 10.2. The lowest BCUT2D eigenvalue weighted by Gasteiger charge is -2.47. The fourth-order valence-corrected chi connectivity index (χ4v) is 5.38. The van der Waals surface area contributed by atoms with Crippen LogP contribution in [0, 0.1) is 18.2 Å². The standard InChI is InChI=1S/C29H32FN3O4/c1-19-14-21-22(32-19)4-5-25(28(21)30)37-24-6-9-31-23-16-27(26(34-2)15-20(23)24)36-13-3-10-33-11-7-29(8-12-33)17-35-18-29/h4-6,9,14-16,32H,3,7-8,10-13,17-18H2,1-2H3. The summed E-state index contributed by atoms with van der Waals surface area (Å²) < 4.78 is 38.3. The Morgan fingerprint density at radius 3 is 2.62 bits per heavy atom. The molecule has 4 aromatic rings. The second-order valence-corrected chi connectivity index (χ2v) is 10.3. The lowest BCUT2D eigenvalue weighted by atomic mass is 9.77. The maximum Gasteiger partial charge on any atom is 0.175 e. The zero-order valence-corrected chi connectivity index (χ0v) is 21.3. The molecule has 37 heavy (non-hydrogen) atoms. The molecular weight excluding hydrogens is 473 g/mol. The van der Waals surface area contributed by atoms with E-state index in [-0.39, 0.29) is 5.75 Å². The minimum Gasteiger partial charge on any atom is -0.493 e. The van der Waals surface area contributed by atoms with Crippen LogP contribution in [-0.4, -0.2) is 61.4 Å². The van der Waals surface area contributed by atoms with Crippen molar-refractivity contribution in [2.45, 2.75) is 26.2 Å². The highest BCUT2D eigenvalue weighted by Gasteiger charge is 2.40. The molecule has 2 aliphatic heterocycles. The fraction of sp³-hybridized carbons (Fsp3) is 0.414. The van der Waals surface area contributed by atoms with Crippen LogP contribution in [0.2, 0.25) is 0 Å². The molecule has 2 fully saturated rings. The van der Waals surface area contributed by atoms with Gasteiger partial charge in [0.1, 0.15) is 5.75 Å². The van der Waals surface area contributed by atoms with Gasteiger partial charge in [0.25, 0.3) is 0 Å². The molecule has 2 aromatic heterocycles. The van der Waals surface area contributed by atoms with E-state index in [4.69, 9.17) is 18.9 Å². The molecule has 1 N–H and O–H groups in total. The molecule has 0 bridgehead atoms. The first kappa shape index (κ1) is 24.0. The molecule has 2 aliphatic rings. The topological polar surface area (TPSA) is 68.8 Å². The maximum atomic E-state index is 15.1. The van der Waals surface area contributed by atoms with E-state index in [0.29, 0.717) is 40.2 Å². The van der Waals surface area contributed by atoms with E-state index in [1.54, 1.807) is 31.5 Å². The van der Waals surface area contributed by atoms with Crippen LogP contribution < -0.4 is 14.2 Å². The lowest BCUT2D eigenvalue weighted by Crippen LogP contribution is -2.51. The third-order valence-corrected chi connectivity index (χ3v) is 7.65. The van der Waals surface area contributed by atoms with Crippen LogP contribution in [0.25, 0.3) is 21.8 Å². The monoisotopic (exact) mass is 505 g/mol. The first-order valence-electron chi connectivity index (χ1n) is 12.9. The van der Waals surface area contributed by atoms with Crippen molar-refractivity contribution in [1.82, 2.24) is 14.9 Å². The van der Waals surface area contributed by atoms with Gasteiger partial charge in [-0.25, -0.2) is 4.39 Å². The number of piperidine rings is 1. The van der Waals surface area contributed by atoms with Crippen molar-refractivity contribution in [3.05, 3.63) is 54.1 Å². The summed E-state index contributed by atoms with van der Waals surface area (Å²) in [6, 6.07) is 10.7. The number of aryl methyl sites for hydroxylation is 1. The van der Waals surface area contributed by atoms with Crippen molar-refractivity contribution in [2.24, 2.45) is 5.41 Å². The highest BCUT2D eigenvalue weighted by molar-refractivity contribution is 5.89. The Morgan fingerprint density at radius 1 is 1.03 bits per heavy atom. The number of aromatic amines is 1. The van der Waals surface area contributed by atoms with Crippen molar-refractivity contribution in [2.75, 3.05) is 46.6 Å². The molecule has 194 valence electrons. The highest BCUT2D eigenvalue weighted by atomic mass is 19.1. The minimum absolute atomic E-state index is 0.159. The molecular formula is C29H32FN3O4. The van der Waals surface area contributed by atoms with E-state index in [2.05, 4.69) is 14.9 Å². The predicted molar refractivity (Wildman–Crippen MR) is 140 cm³/mol. The zero-order valence-electron chi connectivity index (χ0n) is 21.3. The smallest absolute Gasteiger partial charge is 0.175 e. The normalized spacial score (nSPS) is 17.3. The number of nitrogens with one attached hydrogen (secondary N) is 1. The summed E-state index contributed by atoms with van der Waals surface area (Å²) in [7, 11) is 1.61. The van der Waals surface area contributed by atoms with Gasteiger partial charge in [0.2, 0.25) is 0 Å². The molecule has 0 amide bonds. The number of rotatable bonds is 8. The largest absolute Gasteiger partial charge is 0.493 e. The molecule has 0 atom stereocenters. The van der Waals surface area contributed by atoms with Crippen LogP contribution in [0.15, 0.2) is 42.6 Å². The Morgan fingerprint density at radius 2 is 1.86 bits per heavy atom. The Kier molecular flexibility index (Phi) is 6.38. The summed E-state index contributed by atoms with van der Waals surface area (Å²) in [6.45, 7) is 7.63. The number of hydrogen-bond acceptors (Lipinski definition) is 6. The van der Waals surface area contributed by atoms with Crippen molar-refractivity contribution in [3.8, 4) is 23.0 Å². The Labute approximate surface area is 215 Å². The van der Waals surface area contributed by atoms with Gasteiger partial charge < -0.3 is 28.8 Å². The van der Waals surface area contributed by atoms with E-state index < -0.39 is 5.82 Å². The van der Waals surface area contributed by atoms with Crippen LogP contribution in [0.3, 0.4) is 0 Å². The van der Waals surface area contributed by atoms with Crippen LogP contribution in [0.1, 0.15) is 25.0 Å². The van der Waals surface area contributed by atoms with Gasteiger partial charge in [-0.3, -0.25) is 4.98 Å². The number of pyridine rings is 1. The average Bonchev–Trinajstić information content (AvgIpc) is 3.28. The van der Waals surface area contributed by atoms with Gasteiger partial charge in [0.05, 0.1) is 32.4 Å². The van der Waals surface area contributed by atoms with E-state index >= 15 is 4.39 Å². The lowest BCUT2D eigenvalue weighted by molar-refractivity contribution is -0.139. The van der Waals surface area contributed by atoms with Crippen LogP contribution >= 0.6 is 0 Å². The van der Waals surface area contributed by atoms with E-state index in [1.165, 1.54) is 12.8 Å². The number of likely N-dealkylation sites (tertiary alicyclic amines) is 1. The highest BCUT2D eigenvalue weighted by Crippen LogP contribution is 2.39. The van der Waals surface area contributed by atoms with Crippen molar-refractivity contribution < 1.29 is 23.3 Å². The van der Waals surface area contributed by atoms with Gasteiger partial charge >= 0.3 is 0 Å². The SMILES string of the molecule is COc1cc2c(Oc3ccc4[nH]c(C)cc4c3F)ccnc2cc1OCCCN1CCC2(CC1)COC2. The molecule has 0 radical (unpaired) electrons. The van der Waals surface area contributed by atoms with Gasteiger partial charge in [-0.15, -0.1) is 0 Å². The maximum absolute atomic E-state index is 15.1. The number of aromatic nitrogens is 2. The first-order valence-corrected chi connectivity index (χ1v) is 12.9. The average molecular weight is 506 g/mol. The van der Waals surface area contributed by atoms with Crippen molar-refractivity contribution >= 4 is 21.8 Å². The molecule has 2 aromatic carbocycles. The summed E-state index contributed by atoms with van der Waals surface area (Å²) in [5.74, 6) is 1.49. The summed E-state index contributed by atoms with van der Waals surface area (Å²) >= 11 is 0. The van der Waals surface area contributed by atoms with Gasteiger partial charge in [-0.2, -0.15) is 0 Å². The number of fused-ring (bicyclic) bond motifs is 2. The fourth-order valence-electron chi connectivity index (χ4n) is 5.38. The Bertz CT molecular complexity index is 1420. The van der Waals surface area contributed by atoms with E-state index in [9.17, 15) is 0 Å². The second kappa shape index (κ2) is 9.84. The number of halogens is 1. The van der Waals surface area contributed by atoms with Gasteiger partial charge in [-0.05, 0) is 69.6 Å². The van der Waals surface area contributed by atoms with E-state index in [0.717, 1.165) is 55.9 Å². The molecule has 1 spiro atoms. The minimum atomic E-state index is -0.399. The van der Waals surface area contributed by atoms with Gasteiger partial charge in [-0.1, -0.05) is 0 Å². The summed E-state index contributed by atoms with van der Waals surface area (Å²) in [5, 5.41) is 1.22. The van der Waals surface area contributed by atoms with Gasteiger partial charge in [0, 0.05) is 46.2 Å². The molecule has 0 saturated carbocycles. The number of methoxy groups -OCH3 is 1. The Balaban J connectivity index is 1.14. The predicted octanol–water partition coefficient (Wildman–Crippen LogP) is 5.85. The second-order valence-electron chi connectivity index (χ2n) is 10.3. The third kappa shape index (κ3) is 4.71. The van der Waals surface area contributed by atoms with Crippen LogP contribution in [-0.2, 0) is 4.74 Å². The van der Waals surface area contributed by atoms with Crippen LogP contribution in [0.4, 0.5) is 4.39 Å². The van der Waals surface area contributed by atoms with Crippen molar-refractivity contribution in [3.63, 3.8) is 0 Å². The number of ether oxygens (including phenoxy) is 4. The molecule has 8 heteroatoms. The molecule has 4 heterocycles. The molecule has 6 rings (SSSR count). The Hall–Kier alpha value is -3.36. The van der Waals surface area contributed by atoms with Crippen LogP contribution in [0.5, 0.6) is 23.0 Å². The number of benzene rings is 2. The summed E-state index contributed by atoms with van der Waals surface area (Å²) in [6.07, 6.45) is 5.04. The quantitative estimate of drug-likeness (QED) is 0.303. The van der Waals surface area contributed by atoms with Crippen molar-refractivity contribution in [1.29, 1.82) is 0 Å². The number of hydrogen-bond donors (Lipinski definition) is 1. The number of nitrogens with zero attached hydrogens (tertiary/aromatic N) is 2. The third-order valence-electron chi connectivity index (χ3n) is 7.65. The molecule has 0 aliphatic carbocycles. The van der Waals surface area contributed by atoms with E-state index in [1.807, 2.05) is 25.1 Å². The molecule has 0 unspecified atom stereocenters. The van der Waals surface area contributed by atoms with Gasteiger partial charge in [0.15, 0.2) is 23.1 Å². The summed E-state index contributed by atoms with van der Waals surface area (Å²) in [5.41, 5.74) is 2.78. The molecule has 7 nitrogen and oxygen atoms in total. The molecule has 2 saturated heterocycles.